The van der Waals surface area contributed by atoms with Crippen LogP contribution in [0.4, 0.5) is 0 Å². The largest absolute Gasteiger partial charge is 0.375 e. The van der Waals surface area contributed by atoms with Gasteiger partial charge in [0.15, 0.2) is 6.29 Å². The Labute approximate surface area is 79.3 Å². The molecule has 0 aliphatic heterocycles. The molecule has 0 heterocycles. The summed E-state index contributed by atoms with van der Waals surface area (Å²) in [4.78, 5) is 0. The zero-order valence-corrected chi connectivity index (χ0v) is 8.20. The number of hydrogen-bond acceptors (Lipinski definition) is 5. The summed E-state index contributed by atoms with van der Waals surface area (Å²) in [6, 6.07) is 0. The molecule has 0 bridgehead atoms. The average molecular weight is 192 g/mol. The number of nitrogens with two attached hydrogens (primary N) is 2. The Morgan fingerprint density at radius 3 is 2.31 bits per heavy atom. The third-order valence-electron chi connectivity index (χ3n) is 1.29. The summed E-state index contributed by atoms with van der Waals surface area (Å²) in [5.41, 5.74) is 10.5. The molecule has 0 saturated heterocycles. The van der Waals surface area contributed by atoms with E-state index in [0.29, 0.717) is 39.5 Å². The Morgan fingerprint density at radius 1 is 1.08 bits per heavy atom. The molecule has 5 heteroatoms. The van der Waals surface area contributed by atoms with E-state index in [-0.39, 0.29) is 6.29 Å². The smallest absolute Gasteiger partial charge is 0.180 e. The van der Waals surface area contributed by atoms with Gasteiger partial charge in [0.25, 0.3) is 0 Å². The van der Waals surface area contributed by atoms with E-state index in [0.717, 1.165) is 0 Å². The Kier molecular flexibility index (Phi) is 9.73. The molecule has 0 aromatic heterocycles. The number of ether oxygens (including phenoxy) is 3. The van der Waals surface area contributed by atoms with Gasteiger partial charge in [-0.05, 0) is 6.92 Å². The maximum atomic E-state index is 5.29. The van der Waals surface area contributed by atoms with Crippen molar-refractivity contribution in [2.75, 3.05) is 39.5 Å². The van der Waals surface area contributed by atoms with Crippen molar-refractivity contribution >= 4 is 0 Å². The summed E-state index contributed by atoms with van der Waals surface area (Å²) in [7, 11) is 0. The molecule has 0 aromatic rings. The zero-order chi connectivity index (χ0) is 9.94. The van der Waals surface area contributed by atoms with Gasteiger partial charge in [0, 0.05) is 19.7 Å². The standard InChI is InChI=1S/C8H20N2O3/c1-2-12-8(13-6-4-10)7-11-5-3-9/h8H,2-7,9-10H2,1H3. The molecular formula is C8H20N2O3. The predicted octanol–water partition coefficient (Wildman–Crippen LogP) is -0.700. The summed E-state index contributed by atoms with van der Waals surface area (Å²) in [6.07, 6.45) is -0.319. The lowest BCUT2D eigenvalue weighted by atomic mass is 10.6. The van der Waals surface area contributed by atoms with Crippen molar-refractivity contribution in [1.82, 2.24) is 0 Å². The van der Waals surface area contributed by atoms with Crippen LogP contribution in [0, 0.1) is 0 Å². The van der Waals surface area contributed by atoms with E-state index < -0.39 is 0 Å². The minimum Gasteiger partial charge on any atom is -0.375 e. The van der Waals surface area contributed by atoms with Gasteiger partial charge in [-0.15, -0.1) is 0 Å². The van der Waals surface area contributed by atoms with Gasteiger partial charge in [-0.25, -0.2) is 0 Å². The molecular weight excluding hydrogens is 172 g/mol. The van der Waals surface area contributed by atoms with Crippen molar-refractivity contribution in [3.63, 3.8) is 0 Å². The second-order valence-corrected chi connectivity index (χ2v) is 2.41. The summed E-state index contributed by atoms with van der Waals surface area (Å²) in [5, 5.41) is 0. The molecule has 0 radical (unpaired) electrons. The molecule has 0 aliphatic rings. The molecule has 0 aliphatic carbocycles. The molecule has 4 N–H and O–H groups in total. The Balaban J connectivity index is 3.41. The summed E-state index contributed by atoms with van der Waals surface area (Å²) >= 11 is 0. The third kappa shape index (κ3) is 8.14. The van der Waals surface area contributed by atoms with E-state index in [1.54, 1.807) is 0 Å². The predicted molar refractivity (Wildman–Crippen MR) is 50.3 cm³/mol. The summed E-state index contributed by atoms with van der Waals surface area (Å²) in [5.74, 6) is 0. The van der Waals surface area contributed by atoms with Crippen LogP contribution in [0.5, 0.6) is 0 Å². The highest BCUT2D eigenvalue weighted by Gasteiger charge is 2.07. The monoisotopic (exact) mass is 192 g/mol. The molecule has 0 rings (SSSR count). The van der Waals surface area contributed by atoms with E-state index in [4.69, 9.17) is 25.7 Å². The van der Waals surface area contributed by atoms with Gasteiger partial charge in [0.05, 0.1) is 19.8 Å². The van der Waals surface area contributed by atoms with Crippen LogP contribution in [-0.2, 0) is 14.2 Å². The zero-order valence-electron chi connectivity index (χ0n) is 8.20. The van der Waals surface area contributed by atoms with Gasteiger partial charge in [-0.1, -0.05) is 0 Å². The van der Waals surface area contributed by atoms with Crippen LogP contribution in [0.25, 0.3) is 0 Å². The van der Waals surface area contributed by atoms with E-state index in [1.165, 1.54) is 0 Å². The van der Waals surface area contributed by atoms with E-state index in [9.17, 15) is 0 Å². The normalized spacial score (nSPS) is 13.2. The third-order valence-corrected chi connectivity index (χ3v) is 1.29. The molecule has 13 heavy (non-hydrogen) atoms. The summed E-state index contributed by atoms with van der Waals surface area (Å²) in [6.45, 7) is 4.91. The number of rotatable bonds is 9. The molecule has 1 atom stereocenters. The van der Waals surface area contributed by atoms with Crippen LogP contribution in [-0.4, -0.2) is 45.8 Å². The van der Waals surface area contributed by atoms with Crippen molar-refractivity contribution in [2.45, 2.75) is 13.2 Å². The van der Waals surface area contributed by atoms with Gasteiger partial charge in [0.2, 0.25) is 0 Å². The van der Waals surface area contributed by atoms with Gasteiger partial charge >= 0.3 is 0 Å². The van der Waals surface area contributed by atoms with Gasteiger partial charge in [-0.3, -0.25) is 0 Å². The van der Waals surface area contributed by atoms with E-state index in [2.05, 4.69) is 0 Å². The minimum absolute atomic E-state index is 0.319. The topological polar surface area (TPSA) is 79.7 Å². The fraction of sp³-hybridized carbons (Fsp3) is 1.00. The van der Waals surface area contributed by atoms with Crippen molar-refractivity contribution < 1.29 is 14.2 Å². The Morgan fingerprint density at radius 2 is 1.77 bits per heavy atom. The fourth-order valence-electron chi connectivity index (χ4n) is 0.793. The van der Waals surface area contributed by atoms with Crippen molar-refractivity contribution in [2.24, 2.45) is 11.5 Å². The second kappa shape index (κ2) is 9.88. The quantitative estimate of drug-likeness (QED) is 0.373. The molecule has 0 amide bonds. The molecule has 0 saturated carbocycles. The maximum Gasteiger partial charge on any atom is 0.180 e. The van der Waals surface area contributed by atoms with Crippen LogP contribution in [0.2, 0.25) is 0 Å². The van der Waals surface area contributed by atoms with Gasteiger partial charge < -0.3 is 25.7 Å². The van der Waals surface area contributed by atoms with Crippen molar-refractivity contribution in [3.05, 3.63) is 0 Å². The first kappa shape index (κ1) is 12.8. The maximum absolute atomic E-state index is 5.29. The van der Waals surface area contributed by atoms with Crippen molar-refractivity contribution in [1.29, 1.82) is 0 Å². The lowest BCUT2D eigenvalue weighted by Crippen LogP contribution is -2.27. The lowest BCUT2D eigenvalue weighted by molar-refractivity contribution is -0.167. The SMILES string of the molecule is CCOC(COCCN)OCCN. The van der Waals surface area contributed by atoms with Crippen LogP contribution in [0.1, 0.15) is 6.92 Å². The molecule has 0 aromatic carbocycles. The second-order valence-electron chi connectivity index (χ2n) is 2.41. The highest BCUT2D eigenvalue weighted by Crippen LogP contribution is 1.95. The Hall–Kier alpha value is -0.200. The van der Waals surface area contributed by atoms with E-state index in [1.807, 2.05) is 6.92 Å². The van der Waals surface area contributed by atoms with Crippen LogP contribution in [0.15, 0.2) is 0 Å². The van der Waals surface area contributed by atoms with E-state index >= 15 is 0 Å². The Bertz CT molecular complexity index is 103. The first-order chi connectivity index (χ1) is 6.35. The first-order valence-corrected chi connectivity index (χ1v) is 4.56. The molecule has 80 valence electrons. The van der Waals surface area contributed by atoms with Crippen LogP contribution >= 0.6 is 0 Å². The average Bonchev–Trinajstić information content (AvgIpc) is 2.14. The first-order valence-electron chi connectivity index (χ1n) is 4.56. The van der Waals surface area contributed by atoms with Gasteiger partial charge in [0.1, 0.15) is 0 Å². The fourth-order valence-corrected chi connectivity index (χ4v) is 0.793. The summed E-state index contributed by atoms with van der Waals surface area (Å²) < 4.78 is 15.7. The molecule has 5 nitrogen and oxygen atoms in total. The van der Waals surface area contributed by atoms with Crippen molar-refractivity contribution in [3.8, 4) is 0 Å². The van der Waals surface area contributed by atoms with Crippen LogP contribution in [0.3, 0.4) is 0 Å². The van der Waals surface area contributed by atoms with Gasteiger partial charge in [-0.2, -0.15) is 0 Å². The minimum atomic E-state index is -0.319. The van der Waals surface area contributed by atoms with Crippen LogP contribution < -0.4 is 11.5 Å². The number of hydrogen-bond donors (Lipinski definition) is 2. The molecule has 1 unspecified atom stereocenters. The highest BCUT2D eigenvalue weighted by atomic mass is 16.7. The lowest BCUT2D eigenvalue weighted by Gasteiger charge is -2.17. The molecule has 0 fully saturated rings. The molecule has 0 spiro atoms. The highest BCUT2D eigenvalue weighted by molar-refractivity contribution is 4.43.